The fourth-order valence-electron chi connectivity index (χ4n) is 2.63. The van der Waals surface area contributed by atoms with Gasteiger partial charge in [-0.1, -0.05) is 13.8 Å². The summed E-state index contributed by atoms with van der Waals surface area (Å²) in [6, 6.07) is 0. The zero-order chi connectivity index (χ0) is 17.8. The van der Waals surface area contributed by atoms with Gasteiger partial charge in [0, 0.05) is 45.7 Å². The SMILES string of the molecule is CCOC(CCNC(=NC)NCCCCn1ccnc1C)C(C)C. The molecule has 0 aliphatic carbocycles. The molecule has 1 aromatic rings. The first-order valence-electron chi connectivity index (χ1n) is 9.12. The molecule has 24 heavy (non-hydrogen) atoms. The summed E-state index contributed by atoms with van der Waals surface area (Å²) in [4.78, 5) is 8.51. The van der Waals surface area contributed by atoms with Crippen molar-refractivity contribution in [2.24, 2.45) is 10.9 Å². The lowest BCUT2D eigenvalue weighted by molar-refractivity contribution is 0.0258. The van der Waals surface area contributed by atoms with E-state index in [0.717, 1.165) is 57.3 Å². The smallest absolute Gasteiger partial charge is 0.190 e. The van der Waals surface area contributed by atoms with E-state index in [2.05, 4.69) is 45.9 Å². The van der Waals surface area contributed by atoms with Gasteiger partial charge in [-0.25, -0.2) is 4.98 Å². The first kappa shape index (κ1) is 20.5. The second-order valence-corrected chi connectivity index (χ2v) is 6.33. The van der Waals surface area contributed by atoms with Crippen LogP contribution < -0.4 is 10.6 Å². The molecular weight excluding hydrogens is 302 g/mol. The maximum Gasteiger partial charge on any atom is 0.190 e. The molecule has 6 nitrogen and oxygen atoms in total. The topological polar surface area (TPSA) is 63.5 Å². The molecule has 0 bridgehead atoms. The molecule has 1 rings (SSSR count). The highest BCUT2D eigenvalue weighted by Crippen LogP contribution is 2.09. The van der Waals surface area contributed by atoms with E-state index in [4.69, 9.17) is 4.74 Å². The van der Waals surface area contributed by atoms with E-state index in [-0.39, 0.29) is 0 Å². The number of aromatic nitrogens is 2. The molecule has 0 spiro atoms. The number of nitrogens with zero attached hydrogens (tertiary/aromatic N) is 3. The van der Waals surface area contributed by atoms with Crippen LogP contribution in [0.4, 0.5) is 0 Å². The van der Waals surface area contributed by atoms with Crippen LogP contribution in [0.25, 0.3) is 0 Å². The van der Waals surface area contributed by atoms with Crippen molar-refractivity contribution in [1.82, 2.24) is 20.2 Å². The van der Waals surface area contributed by atoms with Crippen molar-refractivity contribution in [2.75, 3.05) is 26.7 Å². The van der Waals surface area contributed by atoms with Gasteiger partial charge >= 0.3 is 0 Å². The minimum atomic E-state index is 0.305. The van der Waals surface area contributed by atoms with Crippen LogP contribution in [0, 0.1) is 12.8 Å². The van der Waals surface area contributed by atoms with Crippen LogP contribution >= 0.6 is 0 Å². The van der Waals surface area contributed by atoms with Crippen molar-refractivity contribution in [1.29, 1.82) is 0 Å². The highest BCUT2D eigenvalue weighted by molar-refractivity contribution is 5.79. The van der Waals surface area contributed by atoms with Crippen molar-refractivity contribution < 1.29 is 4.74 Å². The minimum Gasteiger partial charge on any atom is -0.378 e. The van der Waals surface area contributed by atoms with Crippen molar-refractivity contribution >= 4 is 5.96 Å². The molecule has 0 amide bonds. The minimum absolute atomic E-state index is 0.305. The summed E-state index contributed by atoms with van der Waals surface area (Å²) in [5, 5.41) is 6.74. The first-order valence-corrected chi connectivity index (χ1v) is 9.12. The van der Waals surface area contributed by atoms with E-state index in [1.807, 2.05) is 26.4 Å². The van der Waals surface area contributed by atoms with Gasteiger partial charge in [0.25, 0.3) is 0 Å². The van der Waals surface area contributed by atoms with Crippen LogP contribution in [0.5, 0.6) is 0 Å². The molecule has 138 valence electrons. The Labute approximate surface area is 147 Å². The lowest BCUT2D eigenvalue weighted by Gasteiger charge is -2.21. The van der Waals surface area contributed by atoms with Crippen molar-refractivity contribution in [2.45, 2.75) is 59.6 Å². The highest BCUT2D eigenvalue weighted by atomic mass is 16.5. The third kappa shape index (κ3) is 7.81. The Hall–Kier alpha value is -1.56. The number of nitrogens with one attached hydrogen (secondary N) is 2. The molecule has 0 aromatic carbocycles. The summed E-state index contributed by atoms with van der Waals surface area (Å²) in [6.45, 7) is 12.1. The summed E-state index contributed by atoms with van der Waals surface area (Å²) in [7, 11) is 1.81. The maximum absolute atomic E-state index is 5.77. The summed E-state index contributed by atoms with van der Waals surface area (Å²) in [5.74, 6) is 2.48. The molecule has 0 saturated heterocycles. The van der Waals surface area contributed by atoms with Crippen LogP contribution in [0.3, 0.4) is 0 Å². The van der Waals surface area contributed by atoms with Gasteiger partial charge in [-0.3, -0.25) is 4.99 Å². The number of hydrogen-bond donors (Lipinski definition) is 2. The Kier molecular flexibility index (Phi) is 10.2. The van der Waals surface area contributed by atoms with E-state index in [1.165, 1.54) is 0 Å². The molecule has 6 heteroatoms. The zero-order valence-corrected chi connectivity index (χ0v) is 16.0. The van der Waals surface area contributed by atoms with Gasteiger partial charge in [-0.05, 0) is 39.0 Å². The Morgan fingerprint density at radius 3 is 2.62 bits per heavy atom. The summed E-state index contributed by atoms with van der Waals surface area (Å²) in [5.41, 5.74) is 0. The van der Waals surface area contributed by atoms with Crippen LogP contribution in [0.2, 0.25) is 0 Å². The number of rotatable bonds is 11. The van der Waals surface area contributed by atoms with Crippen LogP contribution in [-0.2, 0) is 11.3 Å². The molecule has 1 aromatic heterocycles. The van der Waals surface area contributed by atoms with Gasteiger partial charge in [-0.2, -0.15) is 0 Å². The molecule has 1 unspecified atom stereocenters. The first-order chi connectivity index (χ1) is 11.6. The second-order valence-electron chi connectivity index (χ2n) is 6.33. The molecule has 0 aliphatic heterocycles. The van der Waals surface area contributed by atoms with Gasteiger partial charge in [0.1, 0.15) is 5.82 Å². The molecule has 1 atom stereocenters. The van der Waals surface area contributed by atoms with Crippen molar-refractivity contribution in [3.63, 3.8) is 0 Å². The monoisotopic (exact) mass is 337 g/mol. The Morgan fingerprint density at radius 1 is 1.29 bits per heavy atom. The molecule has 0 saturated carbocycles. The fourth-order valence-corrected chi connectivity index (χ4v) is 2.63. The normalized spacial score (nSPS) is 13.3. The van der Waals surface area contributed by atoms with Gasteiger partial charge in [0.2, 0.25) is 0 Å². The maximum atomic E-state index is 5.77. The van der Waals surface area contributed by atoms with Crippen LogP contribution in [0.1, 0.15) is 45.9 Å². The van der Waals surface area contributed by atoms with E-state index < -0.39 is 0 Å². The number of aliphatic imine (C=N–C) groups is 1. The average molecular weight is 338 g/mol. The zero-order valence-electron chi connectivity index (χ0n) is 16.0. The predicted octanol–water partition coefficient (Wildman–Crippen LogP) is 2.59. The largest absolute Gasteiger partial charge is 0.378 e. The van der Waals surface area contributed by atoms with E-state index >= 15 is 0 Å². The third-order valence-electron chi connectivity index (χ3n) is 4.11. The number of guanidine groups is 1. The van der Waals surface area contributed by atoms with Gasteiger partial charge in [0.15, 0.2) is 5.96 Å². The number of unbranched alkanes of at least 4 members (excludes halogenated alkanes) is 1. The lowest BCUT2D eigenvalue weighted by atomic mass is 10.0. The fraction of sp³-hybridized carbons (Fsp3) is 0.778. The summed E-state index contributed by atoms with van der Waals surface area (Å²) < 4.78 is 7.96. The van der Waals surface area contributed by atoms with E-state index in [0.29, 0.717) is 12.0 Å². The molecule has 1 heterocycles. The quantitative estimate of drug-likeness (QED) is 0.370. The molecule has 0 fully saturated rings. The second kappa shape index (κ2) is 11.9. The number of imidazole rings is 1. The number of aryl methyl sites for hydroxylation is 2. The average Bonchev–Trinajstić information content (AvgIpc) is 2.96. The Morgan fingerprint density at radius 2 is 2.04 bits per heavy atom. The van der Waals surface area contributed by atoms with Gasteiger partial charge < -0.3 is 19.9 Å². The molecular formula is C18H35N5O. The van der Waals surface area contributed by atoms with E-state index in [9.17, 15) is 0 Å². The van der Waals surface area contributed by atoms with Crippen LogP contribution in [0.15, 0.2) is 17.4 Å². The van der Waals surface area contributed by atoms with Gasteiger partial charge in [-0.15, -0.1) is 0 Å². The van der Waals surface area contributed by atoms with Crippen molar-refractivity contribution in [3.05, 3.63) is 18.2 Å². The lowest BCUT2D eigenvalue weighted by Crippen LogP contribution is -2.39. The number of ether oxygens (including phenoxy) is 1. The van der Waals surface area contributed by atoms with Crippen molar-refractivity contribution in [3.8, 4) is 0 Å². The van der Waals surface area contributed by atoms with Gasteiger partial charge in [0.05, 0.1) is 6.10 Å². The Bertz CT molecular complexity index is 470. The molecule has 0 radical (unpaired) electrons. The standard InChI is InChI=1S/C18H35N5O/c1-6-24-17(15(2)3)9-11-22-18(19-5)21-10-7-8-13-23-14-12-20-16(23)4/h12,14-15,17H,6-11,13H2,1-5H3,(H2,19,21,22). The van der Waals surface area contributed by atoms with E-state index in [1.54, 1.807) is 0 Å². The third-order valence-corrected chi connectivity index (χ3v) is 4.11. The molecule has 2 N–H and O–H groups in total. The predicted molar refractivity (Wildman–Crippen MR) is 100 cm³/mol. The Balaban J connectivity index is 2.15. The summed E-state index contributed by atoms with van der Waals surface area (Å²) >= 11 is 0. The van der Waals surface area contributed by atoms with Crippen LogP contribution in [-0.4, -0.2) is 48.4 Å². The number of hydrogen-bond acceptors (Lipinski definition) is 3. The highest BCUT2D eigenvalue weighted by Gasteiger charge is 2.12. The molecule has 0 aliphatic rings. The summed E-state index contributed by atoms with van der Waals surface area (Å²) in [6.07, 6.45) is 7.41.